The molecule has 0 saturated carbocycles. The van der Waals surface area contributed by atoms with Crippen LogP contribution in [0.2, 0.25) is 0 Å². The van der Waals surface area contributed by atoms with Crippen LogP contribution in [-0.4, -0.2) is 29.5 Å². The van der Waals surface area contributed by atoms with Crippen molar-refractivity contribution in [3.8, 4) is 11.9 Å². The highest BCUT2D eigenvalue weighted by molar-refractivity contribution is 5.67. The molecular weight excluding hydrogens is 324 g/mol. The Kier molecular flexibility index (Phi) is 4.13. The molecule has 0 aliphatic rings. The summed E-state index contributed by atoms with van der Waals surface area (Å²) in [6.07, 6.45) is 4.67. The number of anilines is 2. The van der Waals surface area contributed by atoms with Gasteiger partial charge < -0.3 is 5.32 Å². The highest BCUT2D eigenvalue weighted by Gasteiger charge is 2.25. The molecule has 0 spiro atoms. The molecule has 0 aliphatic carbocycles. The van der Waals surface area contributed by atoms with Gasteiger partial charge in [0.05, 0.1) is 28.6 Å². The van der Waals surface area contributed by atoms with Crippen molar-refractivity contribution in [2.24, 2.45) is 0 Å². The Bertz CT molecular complexity index is 982. The lowest BCUT2D eigenvalue weighted by molar-refractivity contribution is -0.384. The van der Waals surface area contributed by atoms with Gasteiger partial charge in [0.15, 0.2) is 5.82 Å². The molecular formula is C15H14N8O2. The van der Waals surface area contributed by atoms with Crippen LogP contribution in [-0.2, 0) is 6.54 Å². The zero-order chi connectivity index (χ0) is 18.0. The average Bonchev–Trinajstić information content (AvgIpc) is 3.19. The molecule has 0 bridgehead atoms. The first-order valence-corrected chi connectivity index (χ1v) is 7.44. The van der Waals surface area contributed by atoms with Crippen LogP contribution in [0.4, 0.5) is 17.2 Å². The number of nitriles is 1. The van der Waals surface area contributed by atoms with Gasteiger partial charge in [-0.05, 0) is 26.0 Å². The molecule has 1 N–H and O–H groups in total. The third-order valence-corrected chi connectivity index (χ3v) is 3.55. The number of rotatable bonds is 5. The lowest BCUT2D eigenvalue weighted by atomic mass is 10.3. The summed E-state index contributed by atoms with van der Waals surface area (Å²) in [6.45, 7) is 3.91. The van der Waals surface area contributed by atoms with Crippen molar-refractivity contribution >= 4 is 17.2 Å². The van der Waals surface area contributed by atoms with E-state index in [1.165, 1.54) is 15.6 Å². The fourth-order valence-corrected chi connectivity index (χ4v) is 2.45. The van der Waals surface area contributed by atoms with E-state index in [9.17, 15) is 10.1 Å². The Balaban J connectivity index is 1.98. The maximum atomic E-state index is 11.3. The number of nitrogens with zero attached hydrogens (tertiary/aromatic N) is 7. The topological polar surface area (TPSA) is 127 Å². The molecule has 0 saturated heterocycles. The molecule has 0 aromatic carbocycles. The molecule has 10 heteroatoms. The molecule has 0 radical (unpaired) electrons. The standard InChI is InChI=1S/C15H14N8O2/c1-3-21-15(13(23(24)25)10(2)20-21)19-12-8-18-22(9-12)14-11(7-16)5-4-6-17-14/h4-6,8-9,19H,3H2,1-2H3. The smallest absolute Gasteiger partial charge is 0.332 e. The minimum atomic E-state index is -0.464. The second-order valence-corrected chi connectivity index (χ2v) is 5.14. The minimum absolute atomic E-state index is 0.0786. The lowest BCUT2D eigenvalue weighted by Gasteiger charge is -2.05. The predicted molar refractivity (Wildman–Crippen MR) is 88.6 cm³/mol. The second-order valence-electron chi connectivity index (χ2n) is 5.14. The molecule has 0 aliphatic heterocycles. The van der Waals surface area contributed by atoms with Gasteiger partial charge in [0.2, 0.25) is 5.82 Å². The van der Waals surface area contributed by atoms with Crippen molar-refractivity contribution < 1.29 is 4.92 Å². The van der Waals surface area contributed by atoms with Crippen LogP contribution in [0.15, 0.2) is 30.7 Å². The molecule has 126 valence electrons. The Morgan fingerprint density at radius 3 is 2.96 bits per heavy atom. The number of nitro groups is 1. The first-order chi connectivity index (χ1) is 12.0. The Morgan fingerprint density at radius 1 is 1.48 bits per heavy atom. The van der Waals surface area contributed by atoms with E-state index < -0.39 is 4.92 Å². The van der Waals surface area contributed by atoms with Crippen molar-refractivity contribution in [1.29, 1.82) is 5.26 Å². The lowest BCUT2D eigenvalue weighted by Crippen LogP contribution is -2.04. The van der Waals surface area contributed by atoms with E-state index in [0.717, 1.165) is 0 Å². The van der Waals surface area contributed by atoms with Crippen LogP contribution in [0.3, 0.4) is 0 Å². The Morgan fingerprint density at radius 2 is 2.28 bits per heavy atom. The number of aryl methyl sites for hydroxylation is 2. The van der Waals surface area contributed by atoms with E-state index in [0.29, 0.717) is 29.3 Å². The highest BCUT2D eigenvalue weighted by atomic mass is 16.6. The van der Waals surface area contributed by atoms with E-state index in [-0.39, 0.29) is 11.5 Å². The molecule has 0 atom stereocenters. The second kappa shape index (κ2) is 6.40. The summed E-state index contributed by atoms with van der Waals surface area (Å²) in [4.78, 5) is 15.0. The van der Waals surface area contributed by atoms with Crippen LogP contribution in [0.1, 0.15) is 18.2 Å². The van der Waals surface area contributed by atoms with Gasteiger partial charge in [-0.15, -0.1) is 0 Å². The van der Waals surface area contributed by atoms with Gasteiger partial charge in [0.1, 0.15) is 11.8 Å². The summed E-state index contributed by atoms with van der Waals surface area (Å²) < 4.78 is 2.96. The molecule has 10 nitrogen and oxygen atoms in total. The average molecular weight is 338 g/mol. The third-order valence-electron chi connectivity index (χ3n) is 3.55. The van der Waals surface area contributed by atoms with Crippen LogP contribution in [0, 0.1) is 28.4 Å². The molecule has 0 amide bonds. The van der Waals surface area contributed by atoms with Gasteiger partial charge in [0.25, 0.3) is 0 Å². The molecule has 25 heavy (non-hydrogen) atoms. The summed E-state index contributed by atoms with van der Waals surface area (Å²) in [5.41, 5.74) is 1.15. The number of aromatic nitrogens is 5. The highest BCUT2D eigenvalue weighted by Crippen LogP contribution is 2.30. The summed E-state index contributed by atoms with van der Waals surface area (Å²) in [7, 11) is 0. The monoisotopic (exact) mass is 338 g/mol. The predicted octanol–water partition coefficient (Wildman–Crippen LogP) is 2.32. The minimum Gasteiger partial charge on any atom is -0.332 e. The molecule has 3 aromatic rings. The van der Waals surface area contributed by atoms with Crippen molar-refractivity contribution in [2.45, 2.75) is 20.4 Å². The summed E-state index contributed by atoms with van der Waals surface area (Å²) in [6, 6.07) is 5.35. The largest absolute Gasteiger partial charge is 0.334 e. The molecule has 0 fully saturated rings. The van der Waals surface area contributed by atoms with Gasteiger partial charge in [-0.1, -0.05) is 0 Å². The SMILES string of the molecule is CCn1nc(C)c([N+](=O)[O-])c1Nc1cnn(-c2ncccc2C#N)c1. The maximum Gasteiger partial charge on any atom is 0.334 e. The number of nitrogens with one attached hydrogen (secondary N) is 1. The fourth-order valence-electron chi connectivity index (χ4n) is 2.45. The number of pyridine rings is 1. The van der Waals surface area contributed by atoms with Crippen LogP contribution in [0.25, 0.3) is 5.82 Å². The van der Waals surface area contributed by atoms with Crippen LogP contribution >= 0.6 is 0 Å². The number of hydrogen-bond acceptors (Lipinski definition) is 7. The van der Waals surface area contributed by atoms with E-state index in [1.54, 1.807) is 31.5 Å². The van der Waals surface area contributed by atoms with Crippen molar-refractivity contribution in [3.05, 3.63) is 52.1 Å². The maximum absolute atomic E-state index is 11.3. The first kappa shape index (κ1) is 16.1. The van der Waals surface area contributed by atoms with E-state index in [2.05, 4.69) is 26.6 Å². The molecule has 3 aromatic heterocycles. The zero-order valence-corrected chi connectivity index (χ0v) is 13.5. The van der Waals surface area contributed by atoms with Crippen molar-refractivity contribution in [2.75, 3.05) is 5.32 Å². The van der Waals surface area contributed by atoms with Gasteiger partial charge in [-0.25, -0.2) is 14.3 Å². The van der Waals surface area contributed by atoms with E-state index in [4.69, 9.17) is 5.26 Å². The Labute approximate surface area is 142 Å². The molecule has 3 rings (SSSR count). The van der Waals surface area contributed by atoms with Gasteiger partial charge in [-0.2, -0.15) is 15.5 Å². The zero-order valence-electron chi connectivity index (χ0n) is 13.5. The Hall–Kier alpha value is -3.74. The summed E-state index contributed by atoms with van der Waals surface area (Å²) in [5.74, 6) is 0.666. The van der Waals surface area contributed by atoms with Crippen molar-refractivity contribution in [3.63, 3.8) is 0 Å². The van der Waals surface area contributed by atoms with Crippen molar-refractivity contribution in [1.82, 2.24) is 24.5 Å². The van der Waals surface area contributed by atoms with E-state index >= 15 is 0 Å². The molecule has 0 unspecified atom stereocenters. The van der Waals surface area contributed by atoms with Gasteiger partial charge in [0, 0.05) is 12.7 Å². The molecule has 3 heterocycles. The fraction of sp³-hybridized carbons (Fsp3) is 0.200. The third kappa shape index (κ3) is 2.90. The summed E-state index contributed by atoms with van der Waals surface area (Å²) in [5, 5.41) is 31.8. The first-order valence-electron chi connectivity index (χ1n) is 7.44. The van der Waals surface area contributed by atoms with Gasteiger partial charge in [-0.3, -0.25) is 10.1 Å². The quantitative estimate of drug-likeness (QED) is 0.558. The van der Waals surface area contributed by atoms with Crippen LogP contribution in [0.5, 0.6) is 0 Å². The van der Waals surface area contributed by atoms with Gasteiger partial charge >= 0.3 is 5.69 Å². The number of hydrogen-bond donors (Lipinski definition) is 1. The normalized spacial score (nSPS) is 10.4. The van der Waals surface area contributed by atoms with Crippen LogP contribution < -0.4 is 5.32 Å². The summed E-state index contributed by atoms with van der Waals surface area (Å²) >= 11 is 0. The van der Waals surface area contributed by atoms with E-state index in [1.807, 2.05) is 6.92 Å².